The van der Waals surface area contributed by atoms with Gasteiger partial charge in [0.25, 0.3) is 5.56 Å². The second kappa shape index (κ2) is 12.0. The quantitative estimate of drug-likeness (QED) is 0.292. The third-order valence-corrected chi connectivity index (χ3v) is 5.78. The lowest BCUT2D eigenvalue weighted by Crippen LogP contribution is -2.44. The van der Waals surface area contributed by atoms with Gasteiger partial charge in [-0.25, -0.2) is 14.3 Å². The van der Waals surface area contributed by atoms with Crippen LogP contribution in [0.5, 0.6) is 0 Å². The van der Waals surface area contributed by atoms with Crippen LogP contribution >= 0.6 is 0 Å². The Bertz CT molecular complexity index is 1410. The second-order valence-corrected chi connectivity index (χ2v) is 8.34. The molecule has 0 aliphatic heterocycles. The number of anilines is 1. The number of fused-ring (bicyclic) bond motifs is 1. The number of carbonyl (C=O) groups is 1. The largest absolute Gasteiger partial charge is 0.385 e. The van der Waals surface area contributed by atoms with E-state index in [-0.39, 0.29) is 24.3 Å². The minimum Gasteiger partial charge on any atom is -0.385 e. The number of hydrogen-bond donors (Lipinski definition) is 2. The Labute approximate surface area is 208 Å². The number of para-hydroxylation sites is 1. The highest BCUT2D eigenvalue weighted by Gasteiger charge is 2.19. The molecule has 0 saturated carbocycles. The highest BCUT2D eigenvalue weighted by molar-refractivity contribution is 5.76. The van der Waals surface area contributed by atoms with Gasteiger partial charge in [-0.3, -0.25) is 14.2 Å². The van der Waals surface area contributed by atoms with Crippen molar-refractivity contribution in [3.05, 3.63) is 93.4 Å². The van der Waals surface area contributed by atoms with Gasteiger partial charge < -0.3 is 19.9 Å². The lowest BCUT2D eigenvalue weighted by molar-refractivity contribution is -0.121. The molecule has 0 fully saturated rings. The maximum Gasteiger partial charge on any atom is 0.333 e. The average molecular weight is 491 g/mol. The molecule has 0 aliphatic rings. The molecule has 2 N–H and O–H groups in total. The van der Waals surface area contributed by atoms with Crippen LogP contribution in [0, 0.1) is 0 Å². The molecule has 2 aromatic carbocycles. The number of imidazole rings is 1. The van der Waals surface area contributed by atoms with Gasteiger partial charge in [0.15, 0.2) is 11.2 Å². The lowest BCUT2D eigenvalue weighted by atomic mass is 10.2. The zero-order chi connectivity index (χ0) is 25.3. The molecule has 0 radical (unpaired) electrons. The molecule has 2 heterocycles. The number of benzene rings is 2. The predicted octanol–water partition coefficient (Wildman–Crippen LogP) is 1.67. The number of rotatable bonds is 12. The Morgan fingerprint density at radius 3 is 2.42 bits per heavy atom. The van der Waals surface area contributed by atoms with Crippen molar-refractivity contribution in [3.63, 3.8) is 0 Å². The van der Waals surface area contributed by atoms with Crippen LogP contribution in [0.3, 0.4) is 0 Å². The van der Waals surface area contributed by atoms with Crippen LogP contribution in [0.25, 0.3) is 11.2 Å². The van der Waals surface area contributed by atoms with Crippen molar-refractivity contribution in [2.45, 2.75) is 26.1 Å². The summed E-state index contributed by atoms with van der Waals surface area (Å²) in [6, 6.07) is 19.2. The molecule has 0 atom stereocenters. The van der Waals surface area contributed by atoms with E-state index in [1.807, 2.05) is 60.7 Å². The van der Waals surface area contributed by atoms with Crippen LogP contribution in [0.1, 0.15) is 12.0 Å². The predicted molar refractivity (Wildman–Crippen MR) is 138 cm³/mol. The van der Waals surface area contributed by atoms with E-state index in [1.165, 1.54) is 10.9 Å². The van der Waals surface area contributed by atoms with Crippen LogP contribution in [-0.2, 0) is 29.2 Å². The standard InChI is InChI=1S/C26H30N6O4/c1-36-16-15-30-19-29-24-23(30)25(34)32(26(35)31(24)17-20-9-4-2-5-10-20)18-22(33)28-14-8-13-27-21-11-6-3-7-12-21/h2-7,9-12,19,27H,8,13-18H2,1H3,(H,28,33). The summed E-state index contributed by atoms with van der Waals surface area (Å²) in [5, 5.41) is 6.08. The summed E-state index contributed by atoms with van der Waals surface area (Å²) in [6.07, 6.45) is 2.22. The summed E-state index contributed by atoms with van der Waals surface area (Å²) in [5.41, 5.74) is 1.32. The van der Waals surface area contributed by atoms with Crippen molar-refractivity contribution in [1.29, 1.82) is 0 Å². The average Bonchev–Trinajstić information content (AvgIpc) is 3.33. The van der Waals surface area contributed by atoms with E-state index in [2.05, 4.69) is 15.6 Å². The summed E-state index contributed by atoms with van der Waals surface area (Å²) in [7, 11) is 1.57. The monoisotopic (exact) mass is 490 g/mol. The normalized spacial score (nSPS) is 11.0. The van der Waals surface area contributed by atoms with Gasteiger partial charge in [-0.05, 0) is 24.1 Å². The first-order chi connectivity index (χ1) is 17.6. The van der Waals surface area contributed by atoms with Crippen molar-refractivity contribution in [3.8, 4) is 0 Å². The maximum atomic E-state index is 13.4. The number of hydrogen-bond acceptors (Lipinski definition) is 6. The molecule has 0 spiro atoms. The van der Waals surface area contributed by atoms with Gasteiger partial charge in [0, 0.05) is 32.4 Å². The molecule has 4 rings (SSSR count). The molecule has 1 amide bonds. The Morgan fingerprint density at radius 2 is 1.69 bits per heavy atom. The molecular formula is C26H30N6O4. The number of amides is 1. The molecule has 36 heavy (non-hydrogen) atoms. The van der Waals surface area contributed by atoms with E-state index < -0.39 is 17.2 Å². The summed E-state index contributed by atoms with van der Waals surface area (Å²) >= 11 is 0. The molecule has 0 aliphatic carbocycles. The van der Waals surface area contributed by atoms with Crippen molar-refractivity contribution in [1.82, 2.24) is 24.0 Å². The first kappa shape index (κ1) is 24.9. The number of methoxy groups -OCH3 is 1. The zero-order valence-corrected chi connectivity index (χ0v) is 20.2. The van der Waals surface area contributed by atoms with E-state index in [9.17, 15) is 14.4 Å². The zero-order valence-electron chi connectivity index (χ0n) is 20.2. The number of carbonyl (C=O) groups excluding carboxylic acids is 1. The summed E-state index contributed by atoms with van der Waals surface area (Å²) < 4.78 is 9.22. The molecular weight excluding hydrogens is 460 g/mol. The molecule has 188 valence electrons. The highest BCUT2D eigenvalue weighted by atomic mass is 16.5. The molecule has 0 unspecified atom stereocenters. The number of nitrogens with one attached hydrogen (secondary N) is 2. The van der Waals surface area contributed by atoms with E-state index in [1.54, 1.807) is 11.7 Å². The van der Waals surface area contributed by atoms with E-state index in [0.717, 1.165) is 15.8 Å². The van der Waals surface area contributed by atoms with Gasteiger partial charge in [0.05, 0.1) is 19.5 Å². The minimum absolute atomic E-state index is 0.227. The molecule has 2 aromatic heterocycles. The van der Waals surface area contributed by atoms with Gasteiger partial charge >= 0.3 is 5.69 Å². The lowest BCUT2D eigenvalue weighted by Gasteiger charge is -2.13. The first-order valence-electron chi connectivity index (χ1n) is 11.9. The van der Waals surface area contributed by atoms with Crippen LogP contribution in [0.4, 0.5) is 5.69 Å². The summed E-state index contributed by atoms with van der Waals surface area (Å²) in [6.45, 7) is 1.72. The topological polar surface area (TPSA) is 112 Å². The van der Waals surface area contributed by atoms with Crippen molar-refractivity contribution in [2.24, 2.45) is 0 Å². The van der Waals surface area contributed by atoms with Gasteiger partial charge in [-0.1, -0.05) is 48.5 Å². The smallest absolute Gasteiger partial charge is 0.333 e. The maximum absolute atomic E-state index is 13.4. The fourth-order valence-corrected chi connectivity index (χ4v) is 3.95. The minimum atomic E-state index is -0.575. The summed E-state index contributed by atoms with van der Waals surface area (Å²) in [5.74, 6) is -0.400. The number of aromatic nitrogens is 4. The van der Waals surface area contributed by atoms with Gasteiger partial charge in [0.2, 0.25) is 5.91 Å². The fourth-order valence-electron chi connectivity index (χ4n) is 3.95. The number of ether oxygens (including phenoxy) is 1. The van der Waals surface area contributed by atoms with Crippen LogP contribution in [0.2, 0.25) is 0 Å². The Balaban J connectivity index is 1.53. The van der Waals surface area contributed by atoms with Crippen LogP contribution in [-0.4, -0.2) is 51.4 Å². The van der Waals surface area contributed by atoms with E-state index in [4.69, 9.17) is 4.74 Å². The Morgan fingerprint density at radius 1 is 0.972 bits per heavy atom. The van der Waals surface area contributed by atoms with E-state index in [0.29, 0.717) is 32.7 Å². The van der Waals surface area contributed by atoms with Crippen LogP contribution in [0.15, 0.2) is 76.6 Å². The fraction of sp³-hybridized carbons (Fsp3) is 0.308. The highest BCUT2D eigenvalue weighted by Crippen LogP contribution is 2.10. The number of nitrogens with zero attached hydrogens (tertiary/aromatic N) is 4. The Hall–Kier alpha value is -4.18. The summed E-state index contributed by atoms with van der Waals surface area (Å²) in [4.78, 5) is 43.7. The van der Waals surface area contributed by atoms with Gasteiger partial charge in [0.1, 0.15) is 6.54 Å². The SMILES string of the molecule is COCCn1cnc2c1c(=O)n(CC(=O)NCCCNc1ccccc1)c(=O)n2Cc1ccccc1. The third-order valence-electron chi connectivity index (χ3n) is 5.78. The second-order valence-electron chi connectivity index (χ2n) is 8.34. The van der Waals surface area contributed by atoms with Crippen molar-refractivity contribution >= 4 is 22.8 Å². The molecule has 10 heteroatoms. The van der Waals surface area contributed by atoms with Crippen LogP contribution < -0.4 is 21.9 Å². The van der Waals surface area contributed by atoms with E-state index >= 15 is 0 Å². The Kier molecular flexibility index (Phi) is 8.30. The first-order valence-corrected chi connectivity index (χ1v) is 11.9. The van der Waals surface area contributed by atoms with Crippen molar-refractivity contribution in [2.75, 3.05) is 32.1 Å². The molecule has 0 bridgehead atoms. The van der Waals surface area contributed by atoms with Crippen molar-refractivity contribution < 1.29 is 9.53 Å². The van der Waals surface area contributed by atoms with Gasteiger partial charge in [-0.2, -0.15) is 0 Å². The molecule has 10 nitrogen and oxygen atoms in total. The third kappa shape index (κ3) is 5.89. The molecule has 0 saturated heterocycles. The van der Waals surface area contributed by atoms with Gasteiger partial charge in [-0.15, -0.1) is 0 Å². The molecule has 4 aromatic rings.